The lowest BCUT2D eigenvalue weighted by Gasteiger charge is -2.36. The lowest BCUT2D eigenvalue weighted by Crippen LogP contribution is -2.48. The van der Waals surface area contributed by atoms with Crippen LogP contribution in [0.1, 0.15) is 33.7 Å². The van der Waals surface area contributed by atoms with Crippen LogP contribution in [0.25, 0.3) is 0 Å². The van der Waals surface area contributed by atoms with Crippen LogP contribution in [0.2, 0.25) is 0 Å². The molecule has 2 aliphatic heterocycles. The van der Waals surface area contributed by atoms with E-state index in [0.717, 1.165) is 63.5 Å². The fraction of sp³-hybridized carbons (Fsp3) is 0.455. The Labute approximate surface area is 171 Å². The van der Waals surface area contributed by atoms with Crippen molar-refractivity contribution in [2.45, 2.75) is 12.8 Å². The molecule has 3 heterocycles. The van der Waals surface area contributed by atoms with Gasteiger partial charge >= 0.3 is 0 Å². The third-order valence-corrected chi connectivity index (χ3v) is 5.79. The Bertz CT molecular complexity index is 864. The Morgan fingerprint density at radius 3 is 2.48 bits per heavy atom. The summed E-state index contributed by atoms with van der Waals surface area (Å²) in [6.07, 6.45) is 3.77. The van der Waals surface area contributed by atoms with E-state index < -0.39 is 0 Å². The Balaban J connectivity index is 1.31. The standard InChI is InChI=1S/C22H28N4O3/c1-29-21-7-3-2-6-19(21)25-12-10-24(11-13-25)16-20(27)17-14-18(23-15-17)22(28)26-8-4-5-9-26/h2-3,6-7,14-15,23H,4-5,8-13,16H2,1H3. The summed E-state index contributed by atoms with van der Waals surface area (Å²) in [5.41, 5.74) is 2.19. The molecule has 0 unspecified atom stereocenters. The quantitative estimate of drug-likeness (QED) is 0.759. The van der Waals surface area contributed by atoms with E-state index in [2.05, 4.69) is 20.9 Å². The molecule has 2 saturated heterocycles. The summed E-state index contributed by atoms with van der Waals surface area (Å²) in [7, 11) is 1.69. The van der Waals surface area contributed by atoms with Crippen molar-refractivity contribution < 1.29 is 14.3 Å². The number of hydrogen-bond donors (Lipinski definition) is 1. The normalized spacial score (nSPS) is 17.6. The molecule has 1 amide bonds. The Hall–Kier alpha value is -2.80. The number of nitrogens with zero attached hydrogens (tertiary/aromatic N) is 3. The number of H-pyrrole nitrogens is 1. The van der Waals surface area contributed by atoms with E-state index in [0.29, 0.717) is 17.8 Å². The predicted molar refractivity (Wildman–Crippen MR) is 112 cm³/mol. The fourth-order valence-corrected chi connectivity index (χ4v) is 4.10. The molecule has 0 saturated carbocycles. The van der Waals surface area contributed by atoms with Gasteiger partial charge in [-0.05, 0) is 31.0 Å². The van der Waals surface area contributed by atoms with Gasteiger partial charge in [0.2, 0.25) is 0 Å². The van der Waals surface area contributed by atoms with Gasteiger partial charge in [0, 0.05) is 51.0 Å². The minimum absolute atomic E-state index is 0.00743. The lowest BCUT2D eigenvalue weighted by molar-refractivity contribution is 0.0787. The highest BCUT2D eigenvalue weighted by Gasteiger charge is 2.24. The number of Topliss-reactive ketones (excluding diaryl/α,β-unsaturated/α-hetero) is 1. The van der Waals surface area contributed by atoms with Crippen molar-refractivity contribution in [1.82, 2.24) is 14.8 Å². The first kappa shape index (κ1) is 19.5. The van der Waals surface area contributed by atoms with Gasteiger partial charge in [-0.3, -0.25) is 14.5 Å². The van der Waals surface area contributed by atoms with Crippen LogP contribution in [0.4, 0.5) is 5.69 Å². The molecule has 7 nitrogen and oxygen atoms in total. The van der Waals surface area contributed by atoms with Gasteiger partial charge in [0.1, 0.15) is 11.4 Å². The maximum Gasteiger partial charge on any atom is 0.270 e. The van der Waals surface area contributed by atoms with Crippen molar-refractivity contribution in [2.75, 3.05) is 57.8 Å². The number of piperazine rings is 1. The smallest absolute Gasteiger partial charge is 0.270 e. The number of carbonyl (C=O) groups is 2. The molecule has 0 atom stereocenters. The molecule has 0 spiro atoms. The Morgan fingerprint density at radius 1 is 1.03 bits per heavy atom. The number of anilines is 1. The van der Waals surface area contributed by atoms with E-state index in [4.69, 9.17) is 4.74 Å². The van der Waals surface area contributed by atoms with Crippen molar-refractivity contribution in [2.24, 2.45) is 0 Å². The van der Waals surface area contributed by atoms with E-state index >= 15 is 0 Å². The van der Waals surface area contributed by atoms with Crippen molar-refractivity contribution >= 4 is 17.4 Å². The molecule has 1 aromatic carbocycles. The molecular formula is C22H28N4O3. The number of aromatic amines is 1. The molecule has 154 valence electrons. The highest BCUT2D eigenvalue weighted by Crippen LogP contribution is 2.28. The summed E-state index contributed by atoms with van der Waals surface area (Å²) < 4.78 is 5.46. The fourth-order valence-electron chi connectivity index (χ4n) is 4.10. The van der Waals surface area contributed by atoms with Gasteiger partial charge in [0.05, 0.1) is 19.3 Å². The van der Waals surface area contributed by atoms with Gasteiger partial charge in [-0.2, -0.15) is 0 Å². The van der Waals surface area contributed by atoms with E-state index in [1.165, 1.54) is 0 Å². The van der Waals surface area contributed by atoms with Crippen LogP contribution in [-0.2, 0) is 0 Å². The Morgan fingerprint density at radius 2 is 1.76 bits per heavy atom. The van der Waals surface area contributed by atoms with Crippen molar-refractivity contribution in [3.05, 3.63) is 47.8 Å². The predicted octanol–water partition coefficient (Wildman–Crippen LogP) is 2.26. The SMILES string of the molecule is COc1ccccc1N1CCN(CC(=O)c2c[nH]c(C(=O)N3CCCC3)c2)CC1. The highest BCUT2D eigenvalue weighted by atomic mass is 16.5. The monoisotopic (exact) mass is 396 g/mol. The van der Waals surface area contributed by atoms with Gasteiger partial charge in [0.15, 0.2) is 5.78 Å². The average molecular weight is 396 g/mol. The number of carbonyl (C=O) groups excluding carboxylic acids is 2. The van der Waals surface area contributed by atoms with Crippen LogP contribution in [-0.4, -0.2) is 79.4 Å². The topological polar surface area (TPSA) is 68.9 Å². The number of benzene rings is 1. The molecule has 1 aromatic heterocycles. The first-order chi connectivity index (χ1) is 14.2. The largest absolute Gasteiger partial charge is 0.495 e. The molecule has 2 aliphatic rings. The highest BCUT2D eigenvalue weighted by molar-refractivity contribution is 6.01. The number of ketones is 1. The summed E-state index contributed by atoms with van der Waals surface area (Å²) in [5.74, 6) is 0.916. The summed E-state index contributed by atoms with van der Waals surface area (Å²) in [6, 6.07) is 9.72. The van der Waals surface area contributed by atoms with Crippen LogP contribution < -0.4 is 9.64 Å². The summed E-state index contributed by atoms with van der Waals surface area (Å²) in [4.78, 5) is 34.5. The molecule has 0 bridgehead atoms. The first-order valence-corrected chi connectivity index (χ1v) is 10.3. The Kier molecular flexibility index (Phi) is 5.85. The second-order valence-corrected chi connectivity index (χ2v) is 7.66. The van der Waals surface area contributed by atoms with Gasteiger partial charge in [0.25, 0.3) is 5.91 Å². The zero-order valence-corrected chi connectivity index (χ0v) is 16.9. The molecule has 4 rings (SSSR count). The van der Waals surface area contributed by atoms with Crippen molar-refractivity contribution in [1.29, 1.82) is 0 Å². The minimum Gasteiger partial charge on any atom is -0.495 e. The van der Waals surface area contributed by atoms with Gasteiger partial charge < -0.3 is 19.5 Å². The number of hydrogen-bond acceptors (Lipinski definition) is 5. The zero-order valence-electron chi connectivity index (χ0n) is 16.9. The molecular weight excluding hydrogens is 368 g/mol. The van der Waals surface area contributed by atoms with Gasteiger partial charge in [-0.15, -0.1) is 0 Å². The number of aromatic nitrogens is 1. The first-order valence-electron chi connectivity index (χ1n) is 10.3. The van der Waals surface area contributed by atoms with Crippen molar-refractivity contribution in [3.63, 3.8) is 0 Å². The van der Waals surface area contributed by atoms with E-state index in [-0.39, 0.29) is 11.7 Å². The third-order valence-electron chi connectivity index (χ3n) is 5.79. The third kappa shape index (κ3) is 4.29. The number of amides is 1. The molecule has 1 N–H and O–H groups in total. The number of methoxy groups -OCH3 is 1. The van der Waals surface area contributed by atoms with Gasteiger partial charge in [-0.1, -0.05) is 12.1 Å². The van der Waals surface area contributed by atoms with Crippen LogP contribution >= 0.6 is 0 Å². The summed E-state index contributed by atoms with van der Waals surface area (Å²) in [6.45, 7) is 5.30. The molecule has 0 aliphatic carbocycles. The zero-order chi connectivity index (χ0) is 20.2. The summed E-state index contributed by atoms with van der Waals surface area (Å²) >= 11 is 0. The van der Waals surface area contributed by atoms with Crippen LogP contribution in [0.15, 0.2) is 36.5 Å². The molecule has 7 heteroatoms. The van der Waals surface area contributed by atoms with E-state index in [9.17, 15) is 9.59 Å². The maximum atomic E-state index is 12.7. The molecule has 2 fully saturated rings. The number of para-hydroxylation sites is 2. The number of nitrogens with one attached hydrogen (secondary N) is 1. The van der Waals surface area contributed by atoms with Gasteiger partial charge in [-0.25, -0.2) is 0 Å². The molecule has 29 heavy (non-hydrogen) atoms. The van der Waals surface area contributed by atoms with Crippen LogP contribution in [0.5, 0.6) is 5.75 Å². The number of ether oxygens (including phenoxy) is 1. The number of rotatable bonds is 6. The molecule has 2 aromatic rings. The van der Waals surface area contributed by atoms with E-state index in [1.807, 2.05) is 23.1 Å². The van der Waals surface area contributed by atoms with E-state index in [1.54, 1.807) is 19.4 Å². The second kappa shape index (κ2) is 8.69. The van der Waals surface area contributed by atoms with Crippen LogP contribution in [0, 0.1) is 0 Å². The second-order valence-electron chi connectivity index (χ2n) is 7.66. The average Bonchev–Trinajstić information content (AvgIpc) is 3.46. The van der Waals surface area contributed by atoms with Crippen LogP contribution in [0.3, 0.4) is 0 Å². The molecule has 0 radical (unpaired) electrons. The minimum atomic E-state index is -0.00743. The maximum absolute atomic E-state index is 12.7. The number of likely N-dealkylation sites (tertiary alicyclic amines) is 1. The summed E-state index contributed by atoms with van der Waals surface area (Å²) in [5, 5.41) is 0. The lowest BCUT2D eigenvalue weighted by atomic mass is 10.1. The van der Waals surface area contributed by atoms with Crippen molar-refractivity contribution in [3.8, 4) is 5.75 Å².